The first kappa shape index (κ1) is 26.6. The van der Waals surface area contributed by atoms with Crippen molar-refractivity contribution in [2.75, 3.05) is 57.4 Å². The molecular formula is C30H33N3O6. The van der Waals surface area contributed by atoms with Gasteiger partial charge in [-0.1, -0.05) is 30.9 Å². The molecule has 1 atom stereocenters. The second-order valence-corrected chi connectivity index (χ2v) is 9.72. The van der Waals surface area contributed by atoms with Crippen LogP contribution in [0.5, 0.6) is 5.75 Å². The van der Waals surface area contributed by atoms with Crippen molar-refractivity contribution in [3.63, 3.8) is 0 Å². The molecule has 9 nitrogen and oxygen atoms in total. The van der Waals surface area contributed by atoms with Gasteiger partial charge in [-0.2, -0.15) is 0 Å². The van der Waals surface area contributed by atoms with Gasteiger partial charge in [0.25, 0.3) is 17.6 Å². The van der Waals surface area contributed by atoms with Gasteiger partial charge in [0.15, 0.2) is 5.54 Å². The van der Waals surface area contributed by atoms with Gasteiger partial charge in [-0.25, -0.2) is 0 Å². The molecule has 0 radical (unpaired) electrons. The van der Waals surface area contributed by atoms with E-state index in [4.69, 9.17) is 9.47 Å². The lowest BCUT2D eigenvalue weighted by Gasteiger charge is -2.35. The highest BCUT2D eigenvalue weighted by Crippen LogP contribution is 2.53. The number of morpholine rings is 1. The predicted octanol–water partition coefficient (Wildman–Crippen LogP) is 2.92. The third-order valence-corrected chi connectivity index (χ3v) is 7.58. The molecule has 3 aliphatic heterocycles. The number of hydrogen-bond acceptors (Lipinski definition) is 7. The smallest absolute Gasteiger partial charge is 0.296 e. The number of rotatable bonds is 9. The third kappa shape index (κ3) is 4.41. The van der Waals surface area contributed by atoms with Crippen molar-refractivity contribution in [2.24, 2.45) is 0 Å². The summed E-state index contributed by atoms with van der Waals surface area (Å²) in [7, 11) is 0. The van der Waals surface area contributed by atoms with Gasteiger partial charge in [0.2, 0.25) is 0 Å². The summed E-state index contributed by atoms with van der Waals surface area (Å²) in [5.74, 6) is -1.90. The maximum Gasteiger partial charge on any atom is 0.296 e. The van der Waals surface area contributed by atoms with Crippen LogP contribution in [0.2, 0.25) is 0 Å². The van der Waals surface area contributed by atoms with Crippen LogP contribution < -0.4 is 9.64 Å². The Bertz CT molecular complexity index is 1310. The number of likely N-dealkylation sites (tertiary alicyclic amines) is 1. The van der Waals surface area contributed by atoms with E-state index in [1.165, 1.54) is 4.90 Å². The minimum atomic E-state index is -1.74. The Labute approximate surface area is 227 Å². The number of benzene rings is 2. The number of amides is 2. The Hall–Kier alpha value is -3.95. The average Bonchev–Trinajstić information content (AvgIpc) is 3.35. The van der Waals surface area contributed by atoms with Crippen LogP contribution in [0.25, 0.3) is 5.76 Å². The number of ether oxygens (including phenoxy) is 2. The number of ketones is 1. The summed E-state index contributed by atoms with van der Waals surface area (Å²) >= 11 is 0. The molecule has 3 aliphatic rings. The molecule has 2 aromatic rings. The van der Waals surface area contributed by atoms with E-state index < -0.39 is 23.1 Å². The molecule has 2 amide bonds. The molecule has 204 valence electrons. The Morgan fingerprint density at radius 2 is 1.79 bits per heavy atom. The molecule has 3 heterocycles. The topological polar surface area (TPSA) is 99.6 Å². The summed E-state index contributed by atoms with van der Waals surface area (Å²) in [4.78, 5) is 46.8. The fourth-order valence-electron chi connectivity index (χ4n) is 5.77. The Kier molecular flexibility index (Phi) is 7.54. The number of likely N-dealkylation sites (N-methyl/N-ethyl adjacent to an activating group) is 1. The van der Waals surface area contributed by atoms with Gasteiger partial charge in [0, 0.05) is 43.9 Å². The van der Waals surface area contributed by atoms with Gasteiger partial charge in [-0.3, -0.25) is 19.3 Å². The van der Waals surface area contributed by atoms with Crippen molar-refractivity contribution in [2.45, 2.75) is 18.9 Å². The van der Waals surface area contributed by atoms with Crippen LogP contribution in [0.4, 0.5) is 5.69 Å². The number of fused-ring (bicyclic) bond motifs is 2. The highest BCUT2D eigenvalue weighted by molar-refractivity contribution is 6.50. The van der Waals surface area contributed by atoms with Crippen molar-refractivity contribution in [1.82, 2.24) is 9.80 Å². The Balaban J connectivity index is 1.60. The summed E-state index contributed by atoms with van der Waals surface area (Å²) in [6.07, 6.45) is 2.18. The van der Waals surface area contributed by atoms with Gasteiger partial charge in [0.1, 0.15) is 18.1 Å². The zero-order chi connectivity index (χ0) is 27.6. The first-order valence-corrected chi connectivity index (χ1v) is 13.3. The molecule has 0 aromatic heterocycles. The lowest BCUT2D eigenvalue weighted by Crippen LogP contribution is -2.52. The van der Waals surface area contributed by atoms with Crippen molar-refractivity contribution >= 4 is 29.0 Å². The van der Waals surface area contributed by atoms with Crippen molar-refractivity contribution in [3.05, 3.63) is 77.9 Å². The highest BCUT2D eigenvalue weighted by Gasteiger charge is 2.66. The van der Waals surface area contributed by atoms with Crippen LogP contribution >= 0.6 is 0 Å². The standard InChI is InChI=1S/C30H33N3O6/c1-3-18-39-22-12-10-21(11-13-22)26(34)25-27(35)28(36)33(15-7-14-31-16-19-38-20-17-31)30(25)23-8-5-6-9-24(23)32(4-2)29(30)37/h3,5-6,8-13,34H,1,4,7,14-20H2,2H3/t30-/m0/s1. The van der Waals surface area contributed by atoms with E-state index in [1.807, 2.05) is 19.1 Å². The van der Waals surface area contributed by atoms with Crippen LogP contribution in [-0.4, -0.2) is 85.0 Å². The van der Waals surface area contributed by atoms with E-state index in [0.717, 1.165) is 13.1 Å². The van der Waals surface area contributed by atoms with Crippen LogP contribution in [0.1, 0.15) is 24.5 Å². The average molecular weight is 532 g/mol. The molecule has 39 heavy (non-hydrogen) atoms. The zero-order valence-electron chi connectivity index (χ0n) is 22.1. The van der Waals surface area contributed by atoms with E-state index in [-0.39, 0.29) is 17.9 Å². The van der Waals surface area contributed by atoms with Crippen molar-refractivity contribution in [1.29, 1.82) is 0 Å². The minimum absolute atomic E-state index is 0.185. The van der Waals surface area contributed by atoms with Crippen LogP contribution in [0.3, 0.4) is 0 Å². The van der Waals surface area contributed by atoms with E-state index >= 15 is 0 Å². The number of para-hydroxylation sites is 1. The molecule has 0 saturated carbocycles. The number of nitrogens with zero attached hydrogens (tertiary/aromatic N) is 3. The van der Waals surface area contributed by atoms with E-state index in [0.29, 0.717) is 61.9 Å². The SMILES string of the molecule is C=CCOc1ccc(C(O)=C2C(=O)C(=O)N(CCCN3CCOCC3)[C@]23C(=O)N(CC)c2ccccc23)cc1. The minimum Gasteiger partial charge on any atom is -0.507 e. The second-order valence-electron chi connectivity index (χ2n) is 9.72. The second kappa shape index (κ2) is 11.0. The predicted molar refractivity (Wildman–Crippen MR) is 146 cm³/mol. The Morgan fingerprint density at radius 3 is 2.49 bits per heavy atom. The van der Waals surface area contributed by atoms with Gasteiger partial charge < -0.3 is 24.4 Å². The van der Waals surface area contributed by atoms with Gasteiger partial charge >= 0.3 is 0 Å². The molecule has 0 unspecified atom stereocenters. The first-order valence-electron chi connectivity index (χ1n) is 13.3. The molecule has 2 saturated heterocycles. The van der Waals surface area contributed by atoms with E-state index in [2.05, 4.69) is 11.5 Å². The number of aliphatic hydroxyl groups is 1. The number of carbonyl (C=O) groups is 3. The molecule has 0 bridgehead atoms. The van der Waals surface area contributed by atoms with E-state index in [1.54, 1.807) is 47.4 Å². The quantitative estimate of drug-likeness (QED) is 0.230. The summed E-state index contributed by atoms with van der Waals surface area (Å²) in [5.41, 5.74) is -0.480. The van der Waals surface area contributed by atoms with Crippen molar-refractivity contribution in [3.8, 4) is 5.75 Å². The lowest BCUT2D eigenvalue weighted by atomic mass is 9.82. The maximum absolute atomic E-state index is 14.3. The fourth-order valence-corrected chi connectivity index (χ4v) is 5.77. The fraction of sp³-hybridized carbons (Fsp3) is 0.367. The van der Waals surface area contributed by atoms with Crippen molar-refractivity contribution < 1.29 is 29.0 Å². The number of carbonyl (C=O) groups excluding carboxylic acids is 3. The highest BCUT2D eigenvalue weighted by atomic mass is 16.5. The van der Waals surface area contributed by atoms with Crippen LogP contribution in [0, 0.1) is 0 Å². The third-order valence-electron chi connectivity index (χ3n) is 7.58. The number of anilines is 1. The zero-order valence-corrected chi connectivity index (χ0v) is 22.1. The molecule has 9 heteroatoms. The maximum atomic E-state index is 14.3. The summed E-state index contributed by atoms with van der Waals surface area (Å²) < 4.78 is 11.0. The molecule has 5 rings (SSSR count). The first-order chi connectivity index (χ1) is 18.9. The lowest BCUT2D eigenvalue weighted by molar-refractivity contribution is -0.143. The van der Waals surface area contributed by atoms with E-state index in [9.17, 15) is 19.5 Å². The summed E-state index contributed by atoms with van der Waals surface area (Å²) in [6, 6.07) is 13.7. The monoisotopic (exact) mass is 531 g/mol. The molecule has 2 aromatic carbocycles. The molecule has 0 aliphatic carbocycles. The number of Topliss-reactive ketones (excluding diaryl/α,β-unsaturated/α-hetero) is 1. The van der Waals surface area contributed by atoms with Crippen LogP contribution in [0.15, 0.2) is 66.8 Å². The largest absolute Gasteiger partial charge is 0.507 e. The molecule has 2 fully saturated rings. The summed E-state index contributed by atoms with van der Waals surface area (Å²) in [5, 5.41) is 11.6. The normalized spacial score (nSPS) is 22.5. The molecular weight excluding hydrogens is 498 g/mol. The van der Waals surface area contributed by atoms with Gasteiger partial charge in [-0.15, -0.1) is 0 Å². The molecule has 1 N–H and O–H groups in total. The Morgan fingerprint density at radius 1 is 1.08 bits per heavy atom. The summed E-state index contributed by atoms with van der Waals surface area (Å²) in [6.45, 7) is 9.93. The number of hydrogen-bond donors (Lipinski definition) is 1. The van der Waals surface area contributed by atoms with Gasteiger partial charge in [-0.05, 0) is 43.7 Å². The van der Waals surface area contributed by atoms with Crippen LogP contribution in [-0.2, 0) is 24.7 Å². The molecule has 1 spiro atoms. The van der Waals surface area contributed by atoms with Gasteiger partial charge in [0.05, 0.1) is 24.5 Å². The number of aliphatic hydroxyl groups excluding tert-OH is 1.